The lowest BCUT2D eigenvalue weighted by Crippen LogP contribution is -2.37. The second-order valence-electron chi connectivity index (χ2n) is 5.45. The van der Waals surface area contributed by atoms with Crippen molar-refractivity contribution in [2.45, 2.75) is 13.8 Å². The van der Waals surface area contributed by atoms with Crippen molar-refractivity contribution in [2.75, 3.05) is 44.4 Å². The van der Waals surface area contributed by atoms with Crippen LogP contribution < -0.4 is 9.64 Å². The Balaban J connectivity index is 2.16. The Labute approximate surface area is 141 Å². The fourth-order valence-corrected chi connectivity index (χ4v) is 2.90. The minimum atomic E-state index is -0.352. The summed E-state index contributed by atoms with van der Waals surface area (Å²) in [5.74, 6) is 0.414. The van der Waals surface area contributed by atoms with Crippen LogP contribution in [0.2, 0.25) is 0 Å². The van der Waals surface area contributed by atoms with E-state index < -0.39 is 0 Å². The van der Waals surface area contributed by atoms with Crippen molar-refractivity contribution in [3.05, 3.63) is 30.0 Å². The molecular formula is C18H22N2O4. The number of pyridine rings is 1. The Morgan fingerprint density at radius 3 is 2.75 bits per heavy atom. The van der Waals surface area contributed by atoms with E-state index in [-0.39, 0.29) is 5.97 Å². The van der Waals surface area contributed by atoms with Crippen LogP contribution in [-0.4, -0.2) is 50.5 Å². The standard InChI is InChI=1S/C18H22N2O4/c1-3-23-13-5-6-16-14(11-13)17(20-7-9-22-10-8-20)15(12-19-16)18(21)24-4-2/h5-6,11-12H,3-4,7-10H2,1-2H3. The molecule has 0 N–H and O–H groups in total. The minimum absolute atomic E-state index is 0.332. The molecule has 0 spiro atoms. The van der Waals surface area contributed by atoms with Gasteiger partial charge < -0.3 is 19.1 Å². The van der Waals surface area contributed by atoms with Crippen LogP contribution in [0.3, 0.4) is 0 Å². The molecule has 1 aliphatic heterocycles. The van der Waals surface area contributed by atoms with E-state index in [1.54, 1.807) is 13.1 Å². The molecule has 6 heteroatoms. The lowest BCUT2D eigenvalue weighted by Gasteiger charge is -2.31. The van der Waals surface area contributed by atoms with Gasteiger partial charge in [-0.2, -0.15) is 0 Å². The van der Waals surface area contributed by atoms with Crippen LogP contribution in [0.25, 0.3) is 10.9 Å². The van der Waals surface area contributed by atoms with E-state index in [4.69, 9.17) is 14.2 Å². The lowest BCUT2D eigenvalue weighted by molar-refractivity contribution is 0.0526. The predicted molar refractivity (Wildman–Crippen MR) is 91.9 cm³/mol. The molecule has 24 heavy (non-hydrogen) atoms. The van der Waals surface area contributed by atoms with Crippen molar-refractivity contribution in [1.29, 1.82) is 0 Å². The normalized spacial score (nSPS) is 14.7. The summed E-state index contributed by atoms with van der Waals surface area (Å²) in [5.41, 5.74) is 2.16. The molecule has 0 radical (unpaired) electrons. The molecule has 1 aliphatic rings. The number of anilines is 1. The van der Waals surface area contributed by atoms with Crippen LogP contribution in [0.1, 0.15) is 24.2 Å². The zero-order valence-corrected chi connectivity index (χ0v) is 14.1. The van der Waals surface area contributed by atoms with Gasteiger partial charge in [0.1, 0.15) is 11.3 Å². The third kappa shape index (κ3) is 3.28. The summed E-state index contributed by atoms with van der Waals surface area (Å²) in [7, 11) is 0. The summed E-state index contributed by atoms with van der Waals surface area (Å²) in [6.45, 7) is 7.39. The smallest absolute Gasteiger partial charge is 0.341 e. The highest BCUT2D eigenvalue weighted by Gasteiger charge is 2.23. The first kappa shape index (κ1) is 16.5. The van der Waals surface area contributed by atoms with Gasteiger partial charge in [-0.25, -0.2) is 4.79 Å². The summed E-state index contributed by atoms with van der Waals surface area (Å²) in [5, 5.41) is 0.897. The SMILES string of the molecule is CCOC(=O)c1cnc2ccc(OCC)cc2c1N1CCOCC1. The van der Waals surface area contributed by atoms with Gasteiger partial charge in [0.25, 0.3) is 0 Å². The maximum Gasteiger partial charge on any atom is 0.341 e. The number of hydrogen-bond donors (Lipinski definition) is 0. The maximum atomic E-state index is 12.4. The maximum absolute atomic E-state index is 12.4. The molecule has 128 valence electrons. The average molecular weight is 330 g/mol. The number of ether oxygens (including phenoxy) is 3. The number of carbonyl (C=O) groups is 1. The first-order valence-corrected chi connectivity index (χ1v) is 8.30. The van der Waals surface area contributed by atoms with Gasteiger partial charge >= 0.3 is 5.97 Å². The zero-order chi connectivity index (χ0) is 16.9. The van der Waals surface area contributed by atoms with E-state index in [1.165, 1.54) is 0 Å². The number of esters is 1. The van der Waals surface area contributed by atoms with Gasteiger partial charge in [-0.05, 0) is 32.0 Å². The van der Waals surface area contributed by atoms with Crippen LogP contribution in [-0.2, 0) is 9.47 Å². The summed E-state index contributed by atoms with van der Waals surface area (Å²) < 4.78 is 16.3. The van der Waals surface area contributed by atoms with Gasteiger partial charge in [0.2, 0.25) is 0 Å². The molecule has 0 aliphatic carbocycles. The summed E-state index contributed by atoms with van der Waals surface area (Å²) in [6, 6.07) is 5.75. The van der Waals surface area contributed by atoms with Crippen LogP contribution in [0, 0.1) is 0 Å². The van der Waals surface area contributed by atoms with Crippen molar-refractivity contribution < 1.29 is 19.0 Å². The molecule has 0 saturated carbocycles. The van der Waals surface area contributed by atoms with Gasteiger partial charge in [0, 0.05) is 24.7 Å². The van der Waals surface area contributed by atoms with Crippen molar-refractivity contribution in [3.63, 3.8) is 0 Å². The first-order chi connectivity index (χ1) is 11.7. The Hall–Kier alpha value is -2.34. The third-order valence-corrected chi connectivity index (χ3v) is 3.94. The summed E-state index contributed by atoms with van der Waals surface area (Å²) in [6.07, 6.45) is 1.60. The minimum Gasteiger partial charge on any atom is -0.494 e. The largest absolute Gasteiger partial charge is 0.494 e. The number of benzene rings is 1. The van der Waals surface area contributed by atoms with Gasteiger partial charge in [-0.3, -0.25) is 4.98 Å². The topological polar surface area (TPSA) is 60.9 Å². The fraction of sp³-hybridized carbons (Fsp3) is 0.444. The second kappa shape index (κ2) is 7.49. The highest BCUT2D eigenvalue weighted by Crippen LogP contribution is 2.33. The Morgan fingerprint density at radius 2 is 2.04 bits per heavy atom. The second-order valence-corrected chi connectivity index (χ2v) is 5.45. The number of hydrogen-bond acceptors (Lipinski definition) is 6. The molecule has 0 atom stereocenters. The first-order valence-electron chi connectivity index (χ1n) is 8.30. The Bertz CT molecular complexity index is 726. The molecular weight excluding hydrogens is 308 g/mol. The number of carbonyl (C=O) groups excluding carboxylic acids is 1. The van der Waals surface area contributed by atoms with E-state index in [0.29, 0.717) is 32.0 Å². The van der Waals surface area contributed by atoms with Crippen molar-refractivity contribution >= 4 is 22.6 Å². The van der Waals surface area contributed by atoms with E-state index in [1.807, 2.05) is 25.1 Å². The molecule has 2 aromatic rings. The predicted octanol–water partition coefficient (Wildman–Crippen LogP) is 2.65. The molecule has 0 unspecified atom stereocenters. The molecule has 1 aromatic heterocycles. The van der Waals surface area contributed by atoms with Crippen molar-refractivity contribution in [3.8, 4) is 5.75 Å². The van der Waals surface area contributed by atoms with Crippen LogP contribution in [0.4, 0.5) is 5.69 Å². The van der Waals surface area contributed by atoms with Crippen LogP contribution in [0.15, 0.2) is 24.4 Å². The van der Waals surface area contributed by atoms with Gasteiger partial charge in [-0.1, -0.05) is 0 Å². The van der Waals surface area contributed by atoms with Crippen LogP contribution in [0.5, 0.6) is 5.75 Å². The highest BCUT2D eigenvalue weighted by molar-refractivity contribution is 6.05. The number of aromatic nitrogens is 1. The molecule has 3 rings (SSSR count). The van der Waals surface area contributed by atoms with Gasteiger partial charge in [0.15, 0.2) is 0 Å². The summed E-state index contributed by atoms with van der Waals surface area (Å²) in [4.78, 5) is 19.0. The summed E-state index contributed by atoms with van der Waals surface area (Å²) >= 11 is 0. The molecule has 1 fully saturated rings. The Morgan fingerprint density at radius 1 is 1.25 bits per heavy atom. The van der Waals surface area contributed by atoms with Crippen LogP contribution >= 0.6 is 0 Å². The molecule has 1 aromatic carbocycles. The lowest BCUT2D eigenvalue weighted by atomic mass is 10.1. The number of fused-ring (bicyclic) bond motifs is 1. The molecule has 0 amide bonds. The highest BCUT2D eigenvalue weighted by atomic mass is 16.5. The van der Waals surface area contributed by atoms with Gasteiger partial charge in [-0.15, -0.1) is 0 Å². The number of nitrogens with zero attached hydrogens (tertiary/aromatic N) is 2. The average Bonchev–Trinajstić information content (AvgIpc) is 2.62. The molecule has 1 saturated heterocycles. The molecule has 6 nitrogen and oxygen atoms in total. The van der Waals surface area contributed by atoms with E-state index in [2.05, 4.69) is 9.88 Å². The Kier molecular flexibility index (Phi) is 5.15. The van der Waals surface area contributed by atoms with E-state index in [0.717, 1.165) is 35.4 Å². The number of rotatable bonds is 5. The van der Waals surface area contributed by atoms with Crippen molar-refractivity contribution in [1.82, 2.24) is 4.98 Å². The monoisotopic (exact) mass is 330 g/mol. The van der Waals surface area contributed by atoms with Gasteiger partial charge in [0.05, 0.1) is 37.6 Å². The molecule has 2 heterocycles. The fourth-order valence-electron chi connectivity index (χ4n) is 2.90. The number of morpholine rings is 1. The van der Waals surface area contributed by atoms with E-state index in [9.17, 15) is 4.79 Å². The quantitative estimate of drug-likeness (QED) is 0.786. The van der Waals surface area contributed by atoms with E-state index >= 15 is 0 Å². The zero-order valence-electron chi connectivity index (χ0n) is 14.1. The molecule has 0 bridgehead atoms. The third-order valence-electron chi connectivity index (χ3n) is 3.94. The van der Waals surface area contributed by atoms with Crippen molar-refractivity contribution in [2.24, 2.45) is 0 Å².